The molecule has 0 bridgehead atoms. The standard InChI is InChI=1S/C26H26N4O/c1-26-13-7-6-11-22(26)24(26)25(31)29-28-15-20-17-30(23-12-5-4-10-21(20)23)16-19-9-3-2-8-18(19)14-27/h2-5,8-10,12,15,17,22,24H,6-7,11,13,16H2,1H3,(H,29,31)/b28-15-/t22-,24+,26-/m1/s1. The zero-order chi connectivity index (χ0) is 21.4. The van der Waals surface area contributed by atoms with Crippen molar-refractivity contribution in [1.29, 1.82) is 5.26 Å². The zero-order valence-electron chi connectivity index (χ0n) is 17.7. The van der Waals surface area contributed by atoms with Crippen LogP contribution in [0.15, 0.2) is 59.8 Å². The van der Waals surface area contributed by atoms with Gasteiger partial charge in [0, 0.05) is 35.1 Å². The number of hydrogen-bond acceptors (Lipinski definition) is 3. The van der Waals surface area contributed by atoms with E-state index in [0.29, 0.717) is 18.0 Å². The molecule has 31 heavy (non-hydrogen) atoms. The van der Waals surface area contributed by atoms with Crippen molar-refractivity contribution >= 4 is 23.0 Å². The molecule has 156 valence electrons. The third-order valence-corrected chi connectivity index (χ3v) is 7.29. The highest BCUT2D eigenvalue weighted by molar-refractivity contribution is 5.99. The van der Waals surface area contributed by atoms with Crippen LogP contribution in [0, 0.1) is 28.6 Å². The summed E-state index contributed by atoms with van der Waals surface area (Å²) in [6, 6.07) is 18.1. The van der Waals surface area contributed by atoms with E-state index < -0.39 is 0 Å². The van der Waals surface area contributed by atoms with Crippen LogP contribution < -0.4 is 5.43 Å². The molecule has 2 saturated carbocycles. The molecule has 1 heterocycles. The van der Waals surface area contributed by atoms with Crippen LogP contribution in [0.2, 0.25) is 0 Å². The molecule has 3 aromatic rings. The van der Waals surface area contributed by atoms with Gasteiger partial charge in [-0.2, -0.15) is 10.4 Å². The van der Waals surface area contributed by atoms with Gasteiger partial charge in [-0.05, 0) is 41.9 Å². The lowest BCUT2D eigenvalue weighted by Crippen LogP contribution is -2.22. The lowest BCUT2D eigenvalue weighted by Gasteiger charge is -2.15. The summed E-state index contributed by atoms with van der Waals surface area (Å²) >= 11 is 0. The molecule has 2 fully saturated rings. The molecular formula is C26H26N4O. The number of nitrogens with one attached hydrogen (secondary N) is 1. The second-order valence-corrected chi connectivity index (χ2v) is 9.07. The number of rotatable bonds is 5. The van der Waals surface area contributed by atoms with Crippen molar-refractivity contribution < 1.29 is 4.79 Å². The van der Waals surface area contributed by atoms with Gasteiger partial charge in [-0.15, -0.1) is 0 Å². The maximum atomic E-state index is 12.7. The molecule has 1 N–H and O–H groups in total. The Morgan fingerprint density at radius 2 is 2.06 bits per heavy atom. The fourth-order valence-electron chi connectivity index (χ4n) is 5.55. The highest BCUT2D eigenvalue weighted by Crippen LogP contribution is 2.66. The van der Waals surface area contributed by atoms with Gasteiger partial charge in [-0.25, -0.2) is 5.43 Å². The SMILES string of the molecule is C[C@@]12CCCC[C@@H]1[C@H]2C(=O)N/N=C\c1cn(Cc2ccccc2C#N)c2ccccc12. The Hall–Kier alpha value is -3.39. The minimum atomic E-state index is 0.0531. The van der Waals surface area contributed by atoms with Gasteiger partial charge in [-0.3, -0.25) is 4.79 Å². The Labute approximate surface area is 182 Å². The summed E-state index contributed by atoms with van der Waals surface area (Å²) in [6.07, 6.45) is 8.55. The summed E-state index contributed by atoms with van der Waals surface area (Å²) in [5.41, 5.74) is 6.66. The molecule has 5 rings (SSSR count). The number of benzene rings is 2. The number of fused-ring (bicyclic) bond motifs is 2. The molecule has 2 aliphatic rings. The van der Waals surface area contributed by atoms with Crippen molar-refractivity contribution in [2.24, 2.45) is 22.4 Å². The van der Waals surface area contributed by atoms with E-state index >= 15 is 0 Å². The van der Waals surface area contributed by atoms with E-state index in [1.165, 1.54) is 12.8 Å². The predicted molar refractivity (Wildman–Crippen MR) is 121 cm³/mol. The first-order valence-electron chi connectivity index (χ1n) is 11.0. The van der Waals surface area contributed by atoms with E-state index in [9.17, 15) is 10.1 Å². The first kappa shape index (κ1) is 19.6. The number of nitrogens with zero attached hydrogens (tertiary/aromatic N) is 3. The number of hydrazone groups is 1. The summed E-state index contributed by atoms with van der Waals surface area (Å²) in [4.78, 5) is 12.7. The van der Waals surface area contributed by atoms with E-state index in [-0.39, 0.29) is 17.2 Å². The first-order chi connectivity index (χ1) is 15.1. The van der Waals surface area contributed by atoms with E-state index in [2.05, 4.69) is 40.2 Å². The van der Waals surface area contributed by atoms with Gasteiger partial charge in [0.25, 0.3) is 0 Å². The van der Waals surface area contributed by atoms with Crippen LogP contribution in [0.5, 0.6) is 0 Å². The third kappa shape index (κ3) is 3.42. The largest absolute Gasteiger partial charge is 0.342 e. The maximum absolute atomic E-state index is 12.7. The molecule has 0 aliphatic heterocycles. The monoisotopic (exact) mass is 410 g/mol. The number of para-hydroxylation sites is 1. The van der Waals surface area contributed by atoms with Crippen LogP contribution in [0.3, 0.4) is 0 Å². The molecule has 1 aromatic heterocycles. The minimum Gasteiger partial charge on any atom is -0.342 e. The van der Waals surface area contributed by atoms with E-state index in [4.69, 9.17) is 0 Å². The van der Waals surface area contributed by atoms with Gasteiger partial charge in [0.05, 0.1) is 17.8 Å². The van der Waals surface area contributed by atoms with Crippen molar-refractivity contribution in [2.45, 2.75) is 39.2 Å². The number of amides is 1. The van der Waals surface area contributed by atoms with Crippen LogP contribution >= 0.6 is 0 Å². The molecule has 1 amide bonds. The average molecular weight is 411 g/mol. The Balaban J connectivity index is 1.36. The second-order valence-electron chi connectivity index (χ2n) is 9.07. The summed E-state index contributed by atoms with van der Waals surface area (Å²) in [7, 11) is 0. The Morgan fingerprint density at radius 3 is 2.87 bits per heavy atom. The van der Waals surface area contributed by atoms with Gasteiger partial charge < -0.3 is 4.57 Å². The van der Waals surface area contributed by atoms with Crippen molar-refractivity contribution in [3.63, 3.8) is 0 Å². The average Bonchev–Trinajstić information content (AvgIpc) is 3.29. The fraction of sp³-hybridized carbons (Fsp3) is 0.346. The van der Waals surface area contributed by atoms with Crippen LogP contribution in [0.4, 0.5) is 0 Å². The molecular weight excluding hydrogens is 384 g/mol. The molecule has 0 spiro atoms. The number of hydrogen-bond donors (Lipinski definition) is 1. The van der Waals surface area contributed by atoms with Gasteiger partial charge in [0.15, 0.2) is 0 Å². The Kier molecular flexibility index (Phi) is 4.86. The summed E-state index contributed by atoms with van der Waals surface area (Å²) < 4.78 is 2.13. The lowest BCUT2D eigenvalue weighted by atomic mass is 9.90. The van der Waals surface area contributed by atoms with Crippen LogP contribution in [0.25, 0.3) is 10.9 Å². The van der Waals surface area contributed by atoms with E-state index in [1.807, 2.05) is 42.6 Å². The molecule has 2 aromatic carbocycles. The quantitative estimate of drug-likeness (QED) is 0.483. The molecule has 0 saturated heterocycles. The predicted octanol–water partition coefficient (Wildman–Crippen LogP) is 4.84. The van der Waals surface area contributed by atoms with Crippen molar-refractivity contribution in [1.82, 2.24) is 9.99 Å². The van der Waals surface area contributed by atoms with Crippen molar-refractivity contribution in [2.75, 3.05) is 0 Å². The maximum Gasteiger partial charge on any atom is 0.244 e. The summed E-state index contributed by atoms with van der Waals surface area (Å²) in [6.45, 7) is 2.85. The van der Waals surface area contributed by atoms with E-state index in [0.717, 1.165) is 34.9 Å². The van der Waals surface area contributed by atoms with Gasteiger partial charge in [0.1, 0.15) is 0 Å². The molecule has 5 nitrogen and oxygen atoms in total. The second kappa shape index (κ2) is 7.70. The van der Waals surface area contributed by atoms with Crippen LogP contribution in [-0.4, -0.2) is 16.7 Å². The molecule has 0 radical (unpaired) electrons. The van der Waals surface area contributed by atoms with Crippen molar-refractivity contribution in [3.05, 3.63) is 71.4 Å². The smallest absolute Gasteiger partial charge is 0.244 e. The van der Waals surface area contributed by atoms with Crippen molar-refractivity contribution in [3.8, 4) is 6.07 Å². The third-order valence-electron chi connectivity index (χ3n) is 7.29. The number of nitriles is 1. The minimum absolute atomic E-state index is 0.0531. The van der Waals surface area contributed by atoms with Gasteiger partial charge in [0.2, 0.25) is 5.91 Å². The molecule has 2 aliphatic carbocycles. The highest BCUT2D eigenvalue weighted by atomic mass is 16.2. The molecule has 3 atom stereocenters. The van der Waals surface area contributed by atoms with Gasteiger partial charge in [-0.1, -0.05) is 56.2 Å². The fourth-order valence-corrected chi connectivity index (χ4v) is 5.55. The highest BCUT2D eigenvalue weighted by Gasteiger charge is 2.64. The topological polar surface area (TPSA) is 70.2 Å². The van der Waals surface area contributed by atoms with Crippen LogP contribution in [-0.2, 0) is 11.3 Å². The normalized spacial score (nSPS) is 24.6. The number of carbonyl (C=O) groups is 1. The number of aromatic nitrogens is 1. The number of carbonyl (C=O) groups excluding carboxylic acids is 1. The Morgan fingerprint density at radius 1 is 1.26 bits per heavy atom. The Bertz CT molecular complexity index is 1220. The zero-order valence-corrected chi connectivity index (χ0v) is 17.7. The van der Waals surface area contributed by atoms with Gasteiger partial charge >= 0.3 is 0 Å². The molecule has 0 unspecified atom stereocenters. The molecule has 5 heteroatoms. The summed E-state index contributed by atoms with van der Waals surface area (Å²) in [5.74, 6) is 0.687. The lowest BCUT2D eigenvalue weighted by molar-refractivity contribution is -0.123. The first-order valence-corrected chi connectivity index (χ1v) is 11.0. The van der Waals surface area contributed by atoms with Crippen LogP contribution in [0.1, 0.15) is 49.3 Å². The summed E-state index contributed by atoms with van der Waals surface area (Å²) in [5, 5.41) is 14.8. The van der Waals surface area contributed by atoms with E-state index in [1.54, 1.807) is 6.21 Å².